The lowest BCUT2D eigenvalue weighted by atomic mass is 10.1. The maximum Gasteiger partial charge on any atom is 0.358 e. The van der Waals surface area contributed by atoms with E-state index in [2.05, 4.69) is 21.0 Å². The largest absolute Gasteiger partial charge is 0.490 e. The Morgan fingerprint density at radius 1 is 1.19 bits per heavy atom. The second-order valence-corrected chi connectivity index (χ2v) is 7.35. The molecule has 1 heterocycles. The molecule has 0 N–H and O–H groups in total. The number of rotatable bonds is 6. The highest BCUT2D eigenvalue weighted by Gasteiger charge is 2.24. The van der Waals surface area contributed by atoms with E-state index in [1.807, 2.05) is 53.2 Å². The van der Waals surface area contributed by atoms with E-state index in [0.29, 0.717) is 12.6 Å². The minimum absolute atomic E-state index is 0.285. The van der Waals surface area contributed by atoms with Crippen molar-refractivity contribution in [2.24, 2.45) is 0 Å². The van der Waals surface area contributed by atoms with Gasteiger partial charge >= 0.3 is 5.97 Å². The van der Waals surface area contributed by atoms with Crippen LogP contribution in [0.1, 0.15) is 28.9 Å². The van der Waals surface area contributed by atoms with Crippen molar-refractivity contribution in [3.63, 3.8) is 0 Å². The van der Waals surface area contributed by atoms with E-state index in [9.17, 15) is 4.79 Å². The van der Waals surface area contributed by atoms with Gasteiger partial charge in [0.25, 0.3) is 0 Å². The topological polar surface area (TPSA) is 53.4 Å². The minimum Gasteiger partial charge on any atom is -0.490 e. The highest BCUT2D eigenvalue weighted by atomic mass is 79.9. The smallest absolute Gasteiger partial charge is 0.358 e. The normalized spacial score (nSPS) is 13.4. The van der Waals surface area contributed by atoms with Gasteiger partial charge in [-0.05, 0) is 42.7 Å². The maximum absolute atomic E-state index is 12.0. The van der Waals surface area contributed by atoms with E-state index >= 15 is 0 Å². The fraction of sp³-hybridized carbons (Fsp3) is 0.238. The van der Waals surface area contributed by atoms with Crippen LogP contribution in [0.2, 0.25) is 0 Å². The summed E-state index contributed by atoms with van der Waals surface area (Å²) in [4.78, 5) is 12.0. The number of halogens is 1. The lowest BCUT2D eigenvalue weighted by molar-refractivity contribution is 0.0593. The highest BCUT2D eigenvalue weighted by molar-refractivity contribution is 9.10. The zero-order valence-electron chi connectivity index (χ0n) is 14.9. The standard InChI is InChI=1S/C21H19BrN2O3/c1-26-21(25)19-12-20(14-6-4-7-17(11-14)27-16-9-10-16)24(23-19)13-15-5-2-3-8-18(15)22/h2-8,11-12,16H,9-10,13H2,1H3. The van der Waals surface area contributed by atoms with Crippen LogP contribution in [0, 0.1) is 0 Å². The Labute approximate surface area is 166 Å². The SMILES string of the molecule is COC(=O)c1cc(-c2cccc(OC3CC3)c2)n(Cc2ccccc2Br)n1. The van der Waals surface area contributed by atoms with Crippen molar-refractivity contribution in [3.8, 4) is 17.0 Å². The molecule has 3 aromatic rings. The molecule has 1 aromatic heterocycles. The number of esters is 1. The molecule has 0 bridgehead atoms. The lowest BCUT2D eigenvalue weighted by Gasteiger charge is -2.11. The van der Waals surface area contributed by atoms with E-state index in [1.165, 1.54) is 7.11 Å². The molecule has 5 nitrogen and oxygen atoms in total. The third-order valence-electron chi connectivity index (χ3n) is 4.41. The molecule has 0 amide bonds. The number of nitrogens with zero attached hydrogens (tertiary/aromatic N) is 2. The van der Waals surface area contributed by atoms with Gasteiger partial charge in [-0.25, -0.2) is 4.79 Å². The molecule has 6 heteroatoms. The van der Waals surface area contributed by atoms with Crippen molar-refractivity contribution in [2.75, 3.05) is 7.11 Å². The zero-order valence-corrected chi connectivity index (χ0v) is 16.5. The molecule has 0 saturated heterocycles. The molecule has 4 rings (SSSR count). The van der Waals surface area contributed by atoms with E-state index in [4.69, 9.17) is 9.47 Å². The summed E-state index contributed by atoms with van der Waals surface area (Å²) < 4.78 is 13.6. The molecule has 1 aliphatic rings. The van der Waals surface area contributed by atoms with Gasteiger partial charge in [0.05, 0.1) is 25.5 Å². The molecule has 1 saturated carbocycles. The number of hydrogen-bond acceptors (Lipinski definition) is 4. The zero-order chi connectivity index (χ0) is 18.8. The average Bonchev–Trinajstić information content (AvgIpc) is 3.39. The Balaban J connectivity index is 1.73. The predicted molar refractivity (Wildman–Crippen MR) is 106 cm³/mol. The van der Waals surface area contributed by atoms with Gasteiger partial charge < -0.3 is 9.47 Å². The average molecular weight is 427 g/mol. The Bertz CT molecular complexity index is 979. The Morgan fingerprint density at radius 2 is 2.00 bits per heavy atom. The van der Waals surface area contributed by atoms with Crippen molar-refractivity contribution in [3.05, 3.63) is 70.3 Å². The molecule has 1 fully saturated rings. The van der Waals surface area contributed by atoms with E-state index in [-0.39, 0.29) is 5.69 Å². The number of methoxy groups -OCH3 is 1. The van der Waals surface area contributed by atoms with Crippen LogP contribution in [0.25, 0.3) is 11.3 Å². The summed E-state index contributed by atoms with van der Waals surface area (Å²) in [6.07, 6.45) is 2.55. The quantitative estimate of drug-likeness (QED) is 0.536. The van der Waals surface area contributed by atoms with Crippen LogP contribution in [0.4, 0.5) is 0 Å². The lowest BCUT2D eigenvalue weighted by Crippen LogP contribution is -2.07. The second kappa shape index (κ2) is 7.56. The Morgan fingerprint density at radius 3 is 2.74 bits per heavy atom. The van der Waals surface area contributed by atoms with Crippen molar-refractivity contribution in [1.29, 1.82) is 0 Å². The van der Waals surface area contributed by atoms with Gasteiger partial charge in [0.2, 0.25) is 0 Å². The Hall–Kier alpha value is -2.60. The number of hydrogen-bond donors (Lipinski definition) is 0. The van der Waals surface area contributed by atoms with Gasteiger partial charge in [-0.1, -0.05) is 46.3 Å². The highest BCUT2D eigenvalue weighted by Crippen LogP contribution is 2.31. The first-order chi connectivity index (χ1) is 13.1. The van der Waals surface area contributed by atoms with Crippen LogP contribution >= 0.6 is 15.9 Å². The molecule has 0 unspecified atom stereocenters. The maximum atomic E-state index is 12.0. The van der Waals surface area contributed by atoms with Gasteiger partial charge in [0.1, 0.15) is 5.75 Å². The van der Waals surface area contributed by atoms with Crippen LogP contribution < -0.4 is 4.74 Å². The summed E-state index contributed by atoms with van der Waals surface area (Å²) in [6, 6.07) is 17.6. The number of carbonyl (C=O) groups is 1. The van der Waals surface area contributed by atoms with Crippen LogP contribution in [0.15, 0.2) is 59.1 Å². The summed E-state index contributed by atoms with van der Waals surface area (Å²) in [6.45, 7) is 0.529. The van der Waals surface area contributed by atoms with Crippen molar-refractivity contribution in [2.45, 2.75) is 25.5 Å². The third kappa shape index (κ3) is 4.06. The van der Waals surface area contributed by atoms with Gasteiger partial charge in [0.15, 0.2) is 5.69 Å². The summed E-state index contributed by atoms with van der Waals surface area (Å²) in [5.74, 6) is 0.385. The number of ether oxygens (including phenoxy) is 2. The predicted octanol–water partition coefficient (Wildman–Crippen LogP) is 4.69. The third-order valence-corrected chi connectivity index (χ3v) is 5.18. The summed E-state index contributed by atoms with van der Waals surface area (Å²) in [5, 5.41) is 4.48. The van der Waals surface area contributed by atoms with Crippen molar-refractivity contribution < 1.29 is 14.3 Å². The number of carbonyl (C=O) groups excluding carboxylic acids is 1. The first kappa shape index (κ1) is 17.8. The van der Waals surface area contributed by atoms with Gasteiger partial charge in [-0.2, -0.15) is 5.10 Å². The molecule has 0 aliphatic heterocycles. The molecular formula is C21H19BrN2O3. The monoisotopic (exact) mass is 426 g/mol. The Kier molecular flexibility index (Phi) is 4.99. The molecule has 0 atom stereocenters. The van der Waals surface area contributed by atoms with Crippen LogP contribution in [0.5, 0.6) is 5.75 Å². The summed E-state index contributed by atoms with van der Waals surface area (Å²) in [7, 11) is 1.36. The van der Waals surface area contributed by atoms with E-state index in [1.54, 1.807) is 6.07 Å². The first-order valence-corrected chi connectivity index (χ1v) is 9.60. The molecule has 1 aliphatic carbocycles. The van der Waals surface area contributed by atoms with E-state index in [0.717, 1.165) is 39.9 Å². The fourth-order valence-corrected chi connectivity index (χ4v) is 3.28. The summed E-state index contributed by atoms with van der Waals surface area (Å²) >= 11 is 3.58. The van der Waals surface area contributed by atoms with Crippen LogP contribution in [0.3, 0.4) is 0 Å². The number of benzene rings is 2. The second-order valence-electron chi connectivity index (χ2n) is 6.50. The van der Waals surface area contributed by atoms with Crippen molar-refractivity contribution >= 4 is 21.9 Å². The molecule has 27 heavy (non-hydrogen) atoms. The minimum atomic E-state index is -0.451. The van der Waals surface area contributed by atoms with Crippen LogP contribution in [-0.2, 0) is 11.3 Å². The first-order valence-electron chi connectivity index (χ1n) is 8.80. The molecule has 0 spiro atoms. The van der Waals surface area contributed by atoms with Gasteiger partial charge in [-0.3, -0.25) is 4.68 Å². The molecule has 2 aromatic carbocycles. The van der Waals surface area contributed by atoms with Crippen molar-refractivity contribution in [1.82, 2.24) is 9.78 Å². The molecule has 0 radical (unpaired) electrons. The van der Waals surface area contributed by atoms with Gasteiger partial charge in [-0.15, -0.1) is 0 Å². The van der Waals surface area contributed by atoms with Crippen LogP contribution in [-0.4, -0.2) is 29.0 Å². The van der Waals surface area contributed by atoms with Gasteiger partial charge in [0, 0.05) is 10.0 Å². The summed E-state index contributed by atoms with van der Waals surface area (Å²) in [5.41, 5.74) is 3.15. The fourth-order valence-electron chi connectivity index (χ4n) is 2.87. The van der Waals surface area contributed by atoms with E-state index < -0.39 is 5.97 Å². The molecular weight excluding hydrogens is 408 g/mol. The number of aromatic nitrogens is 2. The molecule has 138 valence electrons.